The van der Waals surface area contributed by atoms with E-state index < -0.39 is 0 Å². The van der Waals surface area contributed by atoms with E-state index in [1.807, 2.05) is 6.07 Å². The molecule has 1 aromatic carbocycles. The Kier molecular flexibility index (Phi) is 3.67. The van der Waals surface area contributed by atoms with Crippen molar-refractivity contribution >= 4 is 5.69 Å². The largest absolute Gasteiger partial charge is 0.384 e. The Morgan fingerprint density at radius 3 is 2.94 bits per heavy atom. The van der Waals surface area contributed by atoms with E-state index in [2.05, 4.69) is 31.1 Å². The Labute approximate surface area is 103 Å². The van der Waals surface area contributed by atoms with E-state index in [1.165, 1.54) is 0 Å². The van der Waals surface area contributed by atoms with E-state index >= 15 is 0 Å². The third kappa shape index (κ3) is 2.60. The summed E-state index contributed by atoms with van der Waals surface area (Å²) in [5, 5.41) is 3.29. The minimum Gasteiger partial charge on any atom is -0.384 e. The molecular formula is C14H21FN2. The van der Waals surface area contributed by atoms with Crippen LogP contribution in [0, 0.1) is 5.82 Å². The maximum Gasteiger partial charge on any atom is 0.128 e. The molecule has 2 nitrogen and oxygen atoms in total. The maximum atomic E-state index is 13.8. The maximum absolute atomic E-state index is 13.8. The molecule has 1 aliphatic rings. The van der Waals surface area contributed by atoms with Gasteiger partial charge in [0.1, 0.15) is 5.82 Å². The highest BCUT2D eigenvalue weighted by Gasteiger charge is 2.25. The van der Waals surface area contributed by atoms with E-state index in [0.29, 0.717) is 12.0 Å². The fourth-order valence-electron chi connectivity index (χ4n) is 2.31. The van der Waals surface area contributed by atoms with E-state index in [-0.39, 0.29) is 5.82 Å². The van der Waals surface area contributed by atoms with Gasteiger partial charge >= 0.3 is 0 Å². The lowest BCUT2D eigenvalue weighted by Crippen LogP contribution is -2.28. The number of halogens is 1. The molecule has 3 heteroatoms. The molecule has 0 spiro atoms. The van der Waals surface area contributed by atoms with Crippen LogP contribution >= 0.6 is 0 Å². The smallest absolute Gasteiger partial charge is 0.128 e. The summed E-state index contributed by atoms with van der Waals surface area (Å²) in [5.74, 6) is 0.247. The lowest BCUT2D eigenvalue weighted by Gasteiger charge is -2.22. The van der Waals surface area contributed by atoms with Crippen LogP contribution in [0.1, 0.15) is 31.7 Å². The fraction of sp³-hybridized carbons (Fsp3) is 0.571. The minimum atomic E-state index is -0.0651. The molecular weight excluding hydrogens is 215 g/mol. The van der Waals surface area contributed by atoms with E-state index in [0.717, 1.165) is 30.8 Å². The molecule has 94 valence electrons. The van der Waals surface area contributed by atoms with Gasteiger partial charge in [-0.05, 0) is 46.0 Å². The first-order valence-corrected chi connectivity index (χ1v) is 6.32. The number of anilines is 1. The number of hydrogen-bond donors (Lipinski definition) is 1. The van der Waals surface area contributed by atoms with Crippen LogP contribution in [0.25, 0.3) is 0 Å². The summed E-state index contributed by atoms with van der Waals surface area (Å²) in [6.07, 6.45) is 1.01. The van der Waals surface area contributed by atoms with Crippen LogP contribution in [0.4, 0.5) is 10.1 Å². The molecule has 0 radical (unpaired) electrons. The molecule has 0 aliphatic carbocycles. The number of hydrogen-bond acceptors (Lipinski definition) is 2. The SMILES string of the molecule is CC(C)N(C)CC[C@H]1CNc2cccc(F)c21. The molecule has 0 saturated heterocycles. The Morgan fingerprint density at radius 1 is 1.47 bits per heavy atom. The van der Waals surface area contributed by atoms with Crippen molar-refractivity contribution in [2.45, 2.75) is 32.2 Å². The number of nitrogens with zero attached hydrogens (tertiary/aromatic N) is 1. The highest BCUT2D eigenvalue weighted by Crippen LogP contribution is 2.35. The summed E-state index contributed by atoms with van der Waals surface area (Å²) in [4.78, 5) is 2.30. The summed E-state index contributed by atoms with van der Waals surface area (Å²) in [7, 11) is 2.12. The van der Waals surface area contributed by atoms with Gasteiger partial charge in [-0.1, -0.05) is 6.07 Å². The molecule has 0 fully saturated rings. The third-order valence-corrected chi connectivity index (χ3v) is 3.71. The van der Waals surface area contributed by atoms with E-state index in [1.54, 1.807) is 12.1 Å². The van der Waals surface area contributed by atoms with Crippen LogP contribution in [-0.2, 0) is 0 Å². The summed E-state index contributed by atoms with van der Waals surface area (Å²) >= 11 is 0. The summed E-state index contributed by atoms with van der Waals surface area (Å²) in [6.45, 7) is 6.24. The number of benzene rings is 1. The quantitative estimate of drug-likeness (QED) is 0.864. The molecule has 0 saturated carbocycles. The number of nitrogens with one attached hydrogen (secondary N) is 1. The predicted octanol–water partition coefficient (Wildman–Crippen LogP) is 3.07. The number of fused-ring (bicyclic) bond motifs is 1. The highest BCUT2D eigenvalue weighted by atomic mass is 19.1. The Bertz CT molecular complexity index is 390. The van der Waals surface area contributed by atoms with Gasteiger partial charge in [-0.15, -0.1) is 0 Å². The lowest BCUT2D eigenvalue weighted by atomic mass is 9.97. The van der Waals surface area contributed by atoms with Crippen molar-refractivity contribution in [2.24, 2.45) is 0 Å². The van der Waals surface area contributed by atoms with Gasteiger partial charge in [0.25, 0.3) is 0 Å². The first-order chi connectivity index (χ1) is 8.09. The van der Waals surface area contributed by atoms with Crippen molar-refractivity contribution in [1.29, 1.82) is 0 Å². The standard InChI is InChI=1S/C14H21FN2/c1-10(2)17(3)8-7-11-9-16-13-6-4-5-12(15)14(11)13/h4-6,10-11,16H,7-9H2,1-3H3/t11-/m0/s1. The summed E-state index contributed by atoms with van der Waals surface area (Å²) in [6, 6.07) is 5.84. The molecule has 1 aliphatic heterocycles. The molecule has 0 bridgehead atoms. The van der Waals surface area contributed by atoms with Crippen LogP contribution < -0.4 is 5.32 Å². The van der Waals surface area contributed by atoms with Crippen molar-refractivity contribution < 1.29 is 4.39 Å². The predicted molar refractivity (Wildman–Crippen MR) is 70.0 cm³/mol. The molecule has 0 aromatic heterocycles. The van der Waals surface area contributed by atoms with Crippen molar-refractivity contribution in [3.63, 3.8) is 0 Å². The van der Waals surface area contributed by atoms with Crippen LogP contribution in [-0.4, -0.2) is 31.1 Å². The molecule has 0 unspecified atom stereocenters. The average Bonchev–Trinajstić information content (AvgIpc) is 2.70. The van der Waals surface area contributed by atoms with Crippen molar-refractivity contribution in [1.82, 2.24) is 4.90 Å². The van der Waals surface area contributed by atoms with Gasteiger partial charge in [-0.25, -0.2) is 4.39 Å². The zero-order chi connectivity index (χ0) is 12.4. The minimum absolute atomic E-state index is 0.0651. The summed E-state index contributed by atoms with van der Waals surface area (Å²) < 4.78 is 13.8. The van der Waals surface area contributed by atoms with Gasteiger partial charge < -0.3 is 10.2 Å². The zero-order valence-corrected chi connectivity index (χ0v) is 10.8. The van der Waals surface area contributed by atoms with Gasteiger partial charge in [0.05, 0.1) is 0 Å². The monoisotopic (exact) mass is 236 g/mol. The van der Waals surface area contributed by atoms with Gasteiger partial charge in [0.2, 0.25) is 0 Å². The van der Waals surface area contributed by atoms with Crippen molar-refractivity contribution in [3.8, 4) is 0 Å². The Balaban J connectivity index is 2.02. The Morgan fingerprint density at radius 2 is 2.24 bits per heavy atom. The normalized spacial score (nSPS) is 18.6. The topological polar surface area (TPSA) is 15.3 Å². The zero-order valence-electron chi connectivity index (χ0n) is 10.8. The van der Waals surface area contributed by atoms with Crippen molar-refractivity contribution in [3.05, 3.63) is 29.6 Å². The first kappa shape index (κ1) is 12.4. The van der Waals surface area contributed by atoms with Crippen LogP contribution in [0.3, 0.4) is 0 Å². The van der Waals surface area contributed by atoms with E-state index in [4.69, 9.17) is 0 Å². The van der Waals surface area contributed by atoms with Gasteiger partial charge in [0, 0.05) is 29.8 Å². The second kappa shape index (κ2) is 5.05. The van der Waals surface area contributed by atoms with Crippen LogP contribution in [0.5, 0.6) is 0 Å². The molecule has 0 amide bonds. The van der Waals surface area contributed by atoms with E-state index in [9.17, 15) is 4.39 Å². The molecule has 2 rings (SSSR count). The molecule has 1 atom stereocenters. The lowest BCUT2D eigenvalue weighted by molar-refractivity contribution is 0.264. The summed E-state index contributed by atoms with van der Waals surface area (Å²) in [5.41, 5.74) is 1.85. The highest BCUT2D eigenvalue weighted by molar-refractivity contribution is 5.58. The van der Waals surface area contributed by atoms with Gasteiger partial charge in [0.15, 0.2) is 0 Å². The number of rotatable bonds is 4. The van der Waals surface area contributed by atoms with Gasteiger partial charge in [-0.2, -0.15) is 0 Å². The second-order valence-corrected chi connectivity index (χ2v) is 5.14. The molecule has 1 aromatic rings. The van der Waals surface area contributed by atoms with Crippen molar-refractivity contribution in [2.75, 3.05) is 25.5 Å². The fourth-order valence-corrected chi connectivity index (χ4v) is 2.31. The third-order valence-electron chi connectivity index (χ3n) is 3.71. The molecule has 17 heavy (non-hydrogen) atoms. The van der Waals surface area contributed by atoms with Gasteiger partial charge in [-0.3, -0.25) is 0 Å². The van der Waals surface area contributed by atoms with Crippen LogP contribution in [0.15, 0.2) is 18.2 Å². The second-order valence-electron chi connectivity index (χ2n) is 5.14. The van der Waals surface area contributed by atoms with Crippen LogP contribution in [0.2, 0.25) is 0 Å². The molecule has 1 N–H and O–H groups in total. The molecule has 1 heterocycles. The first-order valence-electron chi connectivity index (χ1n) is 6.32. The Hall–Kier alpha value is -1.09. The average molecular weight is 236 g/mol.